The van der Waals surface area contributed by atoms with Crippen molar-refractivity contribution in [3.63, 3.8) is 0 Å². The van der Waals surface area contributed by atoms with Crippen LogP contribution in [0.5, 0.6) is 0 Å². The lowest BCUT2D eigenvalue weighted by Gasteiger charge is -2.19. The fourth-order valence-corrected chi connectivity index (χ4v) is 3.07. The van der Waals surface area contributed by atoms with E-state index in [9.17, 15) is 4.79 Å². The molecular weight excluding hydrogens is 220 g/mol. The molecule has 1 unspecified atom stereocenters. The Morgan fingerprint density at radius 1 is 1.00 bits per heavy atom. The second-order valence-electron chi connectivity index (χ2n) is 4.86. The van der Waals surface area contributed by atoms with Gasteiger partial charge >= 0.3 is 0 Å². The molecule has 1 atom stereocenters. The van der Waals surface area contributed by atoms with Crippen LogP contribution in [0.4, 0.5) is 0 Å². The molecule has 1 aliphatic rings. The highest BCUT2D eigenvalue weighted by atomic mass is 16.1. The molecule has 0 amide bonds. The van der Waals surface area contributed by atoms with Crippen molar-refractivity contribution in [2.24, 2.45) is 5.92 Å². The molecule has 0 aliphatic heterocycles. The second kappa shape index (κ2) is 4.41. The number of rotatable bonds is 3. The molecule has 0 radical (unpaired) electrons. The summed E-state index contributed by atoms with van der Waals surface area (Å²) in [5.41, 5.74) is 5.19. The van der Waals surface area contributed by atoms with E-state index in [2.05, 4.69) is 55.5 Å². The number of hydrogen-bond acceptors (Lipinski definition) is 1. The Bertz CT molecular complexity index is 540. The smallest absolute Gasteiger partial charge is 0.124 e. The molecule has 1 heteroatoms. The van der Waals surface area contributed by atoms with Gasteiger partial charge in [-0.3, -0.25) is 0 Å². The summed E-state index contributed by atoms with van der Waals surface area (Å²) in [5.74, 6) is 0.315. The lowest BCUT2D eigenvalue weighted by atomic mass is 9.83. The summed E-state index contributed by atoms with van der Waals surface area (Å²) in [6.07, 6.45) is 2.00. The predicted octanol–water partition coefficient (Wildman–Crippen LogP) is 4.02. The normalized spacial score (nSPS) is 14.9. The fourth-order valence-electron chi connectivity index (χ4n) is 3.07. The van der Waals surface area contributed by atoms with Gasteiger partial charge in [0.2, 0.25) is 0 Å². The molecule has 1 nitrogen and oxygen atoms in total. The largest absolute Gasteiger partial charge is 0.303 e. The third kappa shape index (κ3) is 1.51. The summed E-state index contributed by atoms with van der Waals surface area (Å²) in [4.78, 5) is 11.3. The molecular formula is C17H16O. The topological polar surface area (TPSA) is 17.1 Å². The van der Waals surface area contributed by atoms with E-state index >= 15 is 0 Å². The fraction of sp³-hybridized carbons (Fsp3) is 0.235. The highest BCUT2D eigenvalue weighted by molar-refractivity contribution is 5.80. The van der Waals surface area contributed by atoms with Gasteiger partial charge in [0.05, 0.1) is 0 Å². The Hall–Kier alpha value is -1.89. The lowest BCUT2D eigenvalue weighted by molar-refractivity contribution is -0.111. The van der Waals surface area contributed by atoms with E-state index < -0.39 is 0 Å². The van der Waals surface area contributed by atoms with E-state index in [0.29, 0.717) is 0 Å². The van der Waals surface area contributed by atoms with Crippen molar-refractivity contribution in [2.45, 2.75) is 19.3 Å². The quantitative estimate of drug-likeness (QED) is 0.735. The van der Waals surface area contributed by atoms with Gasteiger partial charge < -0.3 is 4.79 Å². The highest BCUT2D eigenvalue weighted by Crippen LogP contribution is 2.48. The van der Waals surface area contributed by atoms with Crippen molar-refractivity contribution in [3.05, 3.63) is 59.7 Å². The van der Waals surface area contributed by atoms with Crippen LogP contribution in [-0.4, -0.2) is 6.29 Å². The van der Waals surface area contributed by atoms with Gasteiger partial charge in [0.25, 0.3) is 0 Å². The van der Waals surface area contributed by atoms with E-state index in [1.807, 2.05) is 0 Å². The van der Waals surface area contributed by atoms with Gasteiger partial charge in [0, 0.05) is 11.8 Å². The van der Waals surface area contributed by atoms with Crippen LogP contribution in [0.1, 0.15) is 30.4 Å². The molecule has 1 aliphatic carbocycles. The van der Waals surface area contributed by atoms with Crippen molar-refractivity contribution in [1.29, 1.82) is 0 Å². The Morgan fingerprint density at radius 2 is 1.50 bits per heavy atom. The van der Waals surface area contributed by atoms with Crippen molar-refractivity contribution in [1.82, 2.24) is 0 Å². The van der Waals surface area contributed by atoms with Crippen LogP contribution in [0.25, 0.3) is 11.1 Å². The molecule has 0 bridgehead atoms. The van der Waals surface area contributed by atoms with Crippen molar-refractivity contribution >= 4 is 6.29 Å². The number of benzene rings is 2. The van der Waals surface area contributed by atoms with Gasteiger partial charge in [-0.1, -0.05) is 55.5 Å². The minimum Gasteiger partial charge on any atom is -0.303 e. The van der Waals surface area contributed by atoms with Crippen LogP contribution in [0, 0.1) is 5.92 Å². The van der Waals surface area contributed by atoms with Crippen LogP contribution in [0.15, 0.2) is 48.5 Å². The standard InChI is InChI=1S/C17H16O/c1-2-12(11-18)17-15-9-5-3-7-13(15)14-8-4-6-10-16(14)17/h3-12,17H,2H2,1H3. The minimum absolute atomic E-state index is 0.0785. The summed E-state index contributed by atoms with van der Waals surface area (Å²) in [6, 6.07) is 16.9. The van der Waals surface area contributed by atoms with E-state index in [0.717, 1.165) is 12.7 Å². The van der Waals surface area contributed by atoms with E-state index in [-0.39, 0.29) is 11.8 Å². The SMILES string of the molecule is CCC(C=O)C1c2ccccc2-c2ccccc21. The maximum atomic E-state index is 11.3. The highest BCUT2D eigenvalue weighted by Gasteiger charge is 2.32. The van der Waals surface area contributed by atoms with Gasteiger partial charge in [-0.2, -0.15) is 0 Å². The zero-order chi connectivity index (χ0) is 12.5. The number of hydrogen-bond donors (Lipinski definition) is 0. The zero-order valence-corrected chi connectivity index (χ0v) is 10.5. The Balaban J connectivity index is 2.23. The maximum Gasteiger partial charge on any atom is 0.124 e. The molecule has 3 rings (SSSR count). The van der Waals surface area contributed by atoms with Gasteiger partial charge in [-0.15, -0.1) is 0 Å². The molecule has 2 aromatic carbocycles. The molecule has 0 saturated heterocycles. The number of carbonyl (C=O) groups excluding carboxylic acids is 1. The van der Waals surface area contributed by atoms with Crippen LogP contribution in [-0.2, 0) is 4.79 Å². The molecule has 0 heterocycles. The zero-order valence-electron chi connectivity index (χ0n) is 10.5. The van der Waals surface area contributed by atoms with Crippen LogP contribution < -0.4 is 0 Å². The summed E-state index contributed by atoms with van der Waals surface area (Å²) in [6.45, 7) is 2.09. The lowest BCUT2D eigenvalue weighted by Crippen LogP contribution is -2.12. The molecule has 0 fully saturated rings. The van der Waals surface area contributed by atoms with Gasteiger partial charge in [0.1, 0.15) is 6.29 Å². The number of carbonyl (C=O) groups is 1. The first-order chi connectivity index (χ1) is 8.86. The molecule has 2 aromatic rings. The summed E-state index contributed by atoms with van der Waals surface area (Å²) in [5, 5.41) is 0. The molecule has 0 N–H and O–H groups in total. The predicted molar refractivity (Wildman–Crippen MR) is 73.6 cm³/mol. The first-order valence-electron chi connectivity index (χ1n) is 6.50. The summed E-state index contributed by atoms with van der Waals surface area (Å²) < 4.78 is 0. The number of fused-ring (bicyclic) bond motifs is 3. The van der Waals surface area contributed by atoms with E-state index in [1.165, 1.54) is 22.3 Å². The van der Waals surface area contributed by atoms with E-state index in [1.54, 1.807) is 0 Å². The molecule has 18 heavy (non-hydrogen) atoms. The summed E-state index contributed by atoms with van der Waals surface area (Å²) >= 11 is 0. The van der Waals surface area contributed by atoms with Crippen molar-refractivity contribution < 1.29 is 4.79 Å². The summed E-state index contributed by atoms with van der Waals surface area (Å²) in [7, 11) is 0. The third-order valence-electron chi connectivity index (χ3n) is 3.96. The molecule has 90 valence electrons. The Labute approximate surface area is 107 Å². The maximum absolute atomic E-state index is 11.3. The van der Waals surface area contributed by atoms with E-state index in [4.69, 9.17) is 0 Å². The molecule has 0 saturated carbocycles. The molecule has 0 aromatic heterocycles. The third-order valence-corrected chi connectivity index (χ3v) is 3.96. The first-order valence-corrected chi connectivity index (χ1v) is 6.50. The second-order valence-corrected chi connectivity index (χ2v) is 4.86. The Kier molecular flexibility index (Phi) is 2.75. The number of aldehydes is 1. The van der Waals surface area contributed by atoms with Crippen LogP contribution in [0.3, 0.4) is 0 Å². The van der Waals surface area contributed by atoms with Crippen LogP contribution in [0.2, 0.25) is 0 Å². The van der Waals surface area contributed by atoms with Crippen molar-refractivity contribution in [2.75, 3.05) is 0 Å². The Morgan fingerprint density at radius 3 is 1.94 bits per heavy atom. The van der Waals surface area contributed by atoms with Gasteiger partial charge in [0.15, 0.2) is 0 Å². The van der Waals surface area contributed by atoms with Crippen LogP contribution >= 0.6 is 0 Å². The first kappa shape index (κ1) is 11.2. The average Bonchev–Trinajstić information content (AvgIpc) is 2.76. The van der Waals surface area contributed by atoms with Gasteiger partial charge in [-0.25, -0.2) is 0 Å². The van der Waals surface area contributed by atoms with Gasteiger partial charge in [-0.05, 0) is 28.7 Å². The van der Waals surface area contributed by atoms with Crippen molar-refractivity contribution in [3.8, 4) is 11.1 Å². The molecule has 0 spiro atoms. The minimum atomic E-state index is 0.0785. The monoisotopic (exact) mass is 236 g/mol. The average molecular weight is 236 g/mol.